The van der Waals surface area contributed by atoms with Gasteiger partial charge in [0.15, 0.2) is 0 Å². The van der Waals surface area contributed by atoms with E-state index in [1.54, 1.807) is 24.3 Å². The summed E-state index contributed by atoms with van der Waals surface area (Å²) in [5.74, 6) is -0.298. The predicted molar refractivity (Wildman–Crippen MR) is 168 cm³/mol. The van der Waals surface area contributed by atoms with Crippen LogP contribution in [0.5, 0.6) is 0 Å². The monoisotopic (exact) mass is 576 g/mol. The minimum Gasteiger partial charge on any atom is -0.465 e. The van der Waals surface area contributed by atoms with Gasteiger partial charge in [0, 0.05) is 57.4 Å². The Morgan fingerprint density at radius 3 is 2.12 bits per heavy atom. The first-order chi connectivity index (χ1) is 19.4. The summed E-state index contributed by atoms with van der Waals surface area (Å²) in [6.45, 7) is 10.1. The molecular weight excluding hydrogens is 536 g/mol. The summed E-state index contributed by atoms with van der Waals surface area (Å²) in [6.07, 6.45) is 0.755. The van der Waals surface area contributed by atoms with E-state index in [1.807, 2.05) is 17.0 Å². The van der Waals surface area contributed by atoms with E-state index < -0.39 is 5.97 Å². The van der Waals surface area contributed by atoms with E-state index in [2.05, 4.69) is 77.3 Å². The molecule has 0 radical (unpaired) electrons. The SMILES string of the molecule is C=C(CN1CCN(C)CC1)CN(CCC(c1ccccc1)c1ccccc1)C(=O)Nc1cccc(C(=O)OC)c1.Cl. The molecule has 0 aromatic heterocycles. The van der Waals surface area contributed by atoms with E-state index in [4.69, 9.17) is 4.74 Å². The Balaban J connectivity index is 0.00000462. The Labute approximate surface area is 250 Å². The number of anilines is 1. The highest BCUT2D eigenvalue weighted by Gasteiger charge is 2.22. The standard InChI is InChI=1S/C33H40N4O3.ClH/c1-26(24-36-21-19-35(2)20-22-36)25-37(33(39)34-30-16-10-15-29(23-30)32(38)40-3)18-17-31(27-11-6-4-7-12-27)28-13-8-5-9-14-28;/h4-16,23,31H,1,17-22,24-25H2,2-3H3,(H,34,39);1H. The van der Waals surface area contributed by atoms with E-state index in [1.165, 1.54) is 18.2 Å². The van der Waals surface area contributed by atoms with Crippen molar-refractivity contribution in [2.75, 3.05) is 65.3 Å². The molecule has 1 saturated heterocycles. The zero-order valence-corrected chi connectivity index (χ0v) is 24.8. The molecule has 1 heterocycles. The van der Waals surface area contributed by atoms with Gasteiger partial charge in [-0.1, -0.05) is 73.3 Å². The Kier molecular flexibility index (Phi) is 12.4. The number of methoxy groups -OCH3 is 1. The third-order valence-corrected chi connectivity index (χ3v) is 7.37. The van der Waals surface area contributed by atoms with Crippen molar-refractivity contribution in [1.29, 1.82) is 0 Å². The largest absolute Gasteiger partial charge is 0.465 e. The van der Waals surface area contributed by atoms with Crippen LogP contribution in [0.15, 0.2) is 97.1 Å². The van der Waals surface area contributed by atoms with Gasteiger partial charge in [0.1, 0.15) is 0 Å². The van der Waals surface area contributed by atoms with Crippen molar-refractivity contribution in [1.82, 2.24) is 14.7 Å². The number of hydrogen-bond acceptors (Lipinski definition) is 5. The van der Waals surface area contributed by atoms with Crippen LogP contribution >= 0.6 is 12.4 Å². The lowest BCUT2D eigenvalue weighted by molar-refractivity contribution is 0.0600. The highest BCUT2D eigenvalue weighted by molar-refractivity contribution is 5.94. The van der Waals surface area contributed by atoms with Crippen molar-refractivity contribution in [2.24, 2.45) is 0 Å². The first-order valence-corrected chi connectivity index (χ1v) is 13.8. The molecule has 0 atom stereocenters. The van der Waals surface area contributed by atoms with E-state index in [9.17, 15) is 9.59 Å². The topological polar surface area (TPSA) is 65.1 Å². The molecule has 0 bridgehead atoms. The van der Waals surface area contributed by atoms with Crippen molar-refractivity contribution >= 4 is 30.1 Å². The van der Waals surface area contributed by atoms with E-state index in [-0.39, 0.29) is 24.4 Å². The summed E-state index contributed by atoms with van der Waals surface area (Å²) in [6, 6.07) is 27.5. The lowest BCUT2D eigenvalue weighted by atomic mass is 9.88. The summed E-state index contributed by atoms with van der Waals surface area (Å²) in [5, 5.41) is 3.00. The van der Waals surface area contributed by atoms with Gasteiger partial charge in [-0.2, -0.15) is 0 Å². The summed E-state index contributed by atoms with van der Waals surface area (Å²) >= 11 is 0. The van der Waals surface area contributed by atoms with Crippen LogP contribution < -0.4 is 5.32 Å². The fraction of sp³-hybridized carbons (Fsp3) is 0.333. The second-order valence-corrected chi connectivity index (χ2v) is 10.4. The smallest absolute Gasteiger partial charge is 0.337 e. The number of hydrogen-bond donors (Lipinski definition) is 1. The van der Waals surface area contributed by atoms with Gasteiger partial charge in [0.2, 0.25) is 0 Å². The average Bonchev–Trinajstić information content (AvgIpc) is 2.98. The summed E-state index contributed by atoms with van der Waals surface area (Å²) in [4.78, 5) is 32.2. The molecule has 8 heteroatoms. The van der Waals surface area contributed by atoms with Gasteiger partial charge in [-0.3, -0.25) is 4.90 Å². The normalized spacial score (nSPS) is 13.7. The Morgan fingerprint density at radius 2 is 1.54 bits per heavy atom. The molecular formula is C33H41ClN4O3. The molecule has 3 aromatic carbocycles. The summed E-state index contributed by atoms with van der Waals surface area (Å²) in [7, 11) is 3.49. The lowest BCUT2D eigenvalue weighted by Gasteiger charge is -2.34. The van der Waals surface area contributed by atoms with Gasteiger partial charge in [-0.15, -0.1) is 12.4 Å². The second kappa shape index (κ2) is 16.0. The molecule has 0 unspecified atom stereocenters. The molecule has 0 saturated carbocycles. The Morgan fingerprint density at radius 1 is 0.927 bits per heavy atom. The zero-order valence-electron chi connectivity index (χ0n) is 24.0. The third kappa shape index (κ3) is 9.46. The molecule has 4 rings (SSSR count). The number of piperazine rings is 1. The highest BCUT2D eigenvalue weighted by Crippen LogP contribution is 2.28. The van der Waals surface area contributed by atoms with E-state index >= 15 is 0 Å². The van der Waals surface area contributed by atoms with Crippen molar-refractivity contribution < 1.29 is 14.3 Å². The Bertz CT molecular complexity index is 1220. The number of halogens is 1. The third-order valence-electron chi connectivity index (χ3n) is 7.37. The number of benzene rings is 3. The fourth-order valence-corrected chi connectivity index (χ4v) is 5.12. The van der Waals surface area contributed by atoms with Crippen molar-refractivity contribution in [3.8, 4) is 0 Å². The number of nitrogens with one attached hydrogen (secondary N) is 1. The van der Waals surface area contributed by atoms with Crippen LogP contribution in [0.4, 0.5) is 10.5 Å². The molecule has 0 aliphatic carbocycles. The number of esters is 1. The van der Waals surface area contributed by atoms with Crippen LogP contribution in [0.3, 0.4) is 0 Å². The van der Waals surface area contributed by atoms with Gasteiger partial charge < -0.3 is 19.9 Å². The molecule has 218 valence electrons. The fourth-order valence-electron chi connectivity index (χ4n) is 5.12. The molecule has 1 aliphatic heterocycles. The van der Waals surface area contributed by atoms with E-state index in [0.717, 1.165) is 44.7 Å². The number of carbonyl (C=O) groups excluding carboxylic acids is 2. The van der Waals surface area contributed by atoms with E-state index in [0.29, 0.717) is 24.3 Å². The lowest BCUT2D eigenvalue weighted by Crippen LogP contribution is -2.46. The maximum absolute atomic E-state index is 13.7. The number of likely N-dealkylation sites (N-methyl/N-ethyl adjacent to an activating group) is 1. The number of rotatable bonds is 11. The molecule has 2 amide bonds. The molecule has 1 N–H and O–H groups in total. The highest BCUT2D eigenvalue weighted by atomic mass is 35.5. The second-order valence-electron chi connectivity index (χ2n) is 10.4. The summed E-state index contributed by atoms with van der Waals surface area (Å²) in [5.41, 5.74) is 4.37. The minimum absolute atomic E-state index is 0. The van der Waals surface area contributed by atoms with Crippen LogP contribution in [-0.2, 0) is 4.74 Å². The molecule has 41 heavy (non-hydrogen) atoms. The van der Waals surface area contributed by atoms with Crippen molar-refractivity contribution in [3.63, 3.8) is 0 Å². The zero-order chi connectivity index (χ0) is 28.3. The molecule has 0 spiro atoms. The number of ether oxygens (including phenoxy) is 1. The molecule has 3 aromatic rings. The Hall–Kier alpha value is -3.65. The van der Waals surface area contributed by atoms with Gasteiger partial charge in [-0.05, 0) is 48.4 Å². The number of urea groups is 1. The number of carbonyl (C=O) groups is 2. The number of amides is 2. The summed E-state index contributed by atoms with van der Waals surface area (Å²) < 4.78 is 4.84. The van der Waals surface area contributed by atoms with Crippen LogP contribution in [0, 0.1) is 0 Å². The predicted octanol–water partition coefficient (Wildman–Crippen LogP) is 5.75. The average molecular weight is 577 g/mol. The van der Waals surface area contributed by atoms with Gasteiger partial charge >= 0.3 is 12.0 Å². The minimum atomic E-state index is -0.443. The van der Waals surface area contributed by atoms with Crippen LogP contribution in [0.25, 0.3) is 0 Å². The van der Waals surface area contributed by atoms with Crippen molar-refractivity contribution in [2.45, 2.75) is 12.3 Å². The van der Waals surface area contributed by atoms with Crippen LogP contribution in [-0.4, -0.2) is 86.7 Å². The molecule has 1 fully saturated rings. The van der Waals surface area contributed by atoms with Gasteiger partial charge in [0.25, 0.3) is 0 Å². The molecule has 1 aliphatic rings. The van der Waals surface area contributed by atoms with Gasteiger partial charge in [-0.25, -0.2) is 9.59 Å². The first-order valence-electron chi connectivity index (χ1n) is 13.8. The number of nitrogens with zero attached hydrogens (tertiary/aromatic N) is 3. The first kappa shape index (κ1) is 31.9. The van der Waals surface area contributed by atoms with Crippen LogP contribution in [0.2, 0.25) is 0 Å². The van der Waals surface area contributed by atoms with Crippen molar-refractivity contribution in [3.05, 3.63) is 114 Å². The quantitative estimate of drug-likeness (QED) is 0.232. The van der Waals surface area contributed by atoms with Gasteiger partial charge in [0.05, 0.1) is 12.7 Å². The molecule has 7 nitrogen and oxygen atoms in total. The maximum atomic E-state index is 13.7. The van der Waals surface area contributed by atoms with Crippen LogP contribution in [0.1, 0.15) is 33.8 Å². The maximum Gasteiger partial charge on any atom is 0.337 e.